The van der Waals surface area contributed by atoms with Gasteiger partial charge in [-0.1, -0.05) is 29.8 Å². The molecule has 0 saturated carbocycles. The lowest BCUT2D eigenvalue weighted by Crippen LogP contribution is -2.15. The number of methoxy groups -OCH3 is 1. The van der Waals surface area contributed by atoms with E-state index in [9.17, 15) is 22.8 Å². The monoisotopic (exact) mass is 371 g/mol. The molecule has 25 heavy (non-hydrogen) atoms. The van der Waals surface area contributed by atoms with Gasteiger partial charge in [0.1, 0.15) is 0 Å². The summed E-state index contributed by atoms with van der Waals surface area (Å²) in [5.74, 6) is -1.20. The van der Waals surface area contributed by atoms with Crippen molar-refractivity contribution in [2.45, 2.75) is 12.6 Å². The first kappa shape index (κ1) is 18.8. The summed E-state index contributed by atoms with van der Waals surface area (Å²) < 4.78 is 42.6. The summed E-state index contributed by atoms with van der Waals surface area (Å²) in [6.07, 6.45) is -4.72. The van der Waals surface area contributed by atoms with Crippen LogP contribution in [0.2, 0.25) is 5.02 Å². The van der Waals surface area contributed by atoms with Crippen LogP contribution in [0.5, 0.6) is 0 Å². The normalized spacial score (nSPS) is 11.1. The Morgan fingerprint density at radius 3 is 2.52 bits per heavy atom. The zero-order valence-corrected chi connectivity index (χ0v) is 13.7. The van der Waals surface area contributed by atoms with Gasteiger partial charge in [0.05, 0.1) is 29.7 Å². The summed E-state index contributed by atoms with van der Waals surface area (Å²) in [5.41, 5.74) is -0.255. The van der Waals surface area contributed by atoms with Crippen molar-refractivity contribution in [3.63, 3.8) is 0 Å². The van der Waals surface area contributed by atoms with Crippen molar-refractivity contribution in [2.24, 2.45) is 0 Å². The molecule has 0 aromatic heterocycles. The number of halogens is 4. The molecule has 4 nitrogen and oxygen atoms in total. The van der Waals surface area contributed by atoms with Crippen LogP contribution in [0.15, 0.2) is 42.5 Å². The molecule has 0 heterocycles. The fourth-order valence-electron chi connectivity index (χ4n) is 2.12. The third-order valence-electron chi connectivity index (χ3n) is 3.27. The van der Waals surface area contributed by atoms with Crippen molar-refractivity contribution < 1.29 is 27.5 Å². The van der Waals surface area contributed by atoms with E-state index >= 15 is 0 Å². The smallest absolute Gasteiger partial charge is 0.416 e. The molecule has 2 aromatic carbocycles. The van der Waals surface area contributed by atoms with Crippen molar-refractivity contribution in [3.05, 3.63) is 64.2 Å². The molecule has 0 bridgehead atoms. The molecule has 0 aliphatic heterocycles. The topological polar surface area (TPSA) is 55.4 Å². The Kier molecular flexibility index (Phi) is 5.69. The molecule has 1 N–H and O–H groups in total. The van der Waals surface area contributed by atoms with Gasteiger partial charge in [0.15, 0.2) is 0 Å². The van der Waals surface area contributed by atoms with E-state index in [1.807, 2.05) is 0 Å². The van der Waals surface area contributed by atoms with Gasteiger partial charge in [0.25, 0.3) is 0 Å². The molecule has 0 aliphatic rings. The van der Waals surface area contributed by atoms with E-state index in [4.69, 9.17) is 11.6 Å². The molecule has 132 valence electrons. The van der Waals surface area contributed by atoms with Gasteiger partial charge in [-0.25, -0.2) is 4.79 Å². The predicted molar refractivity (Wildman–Crippen MR) is 86.6 cm³/mol. The van der Waals surface area contributed by atoms with Crippen molar-refractivity contribution >= 4 is 29.2 Å². The maximum atomic E-state index is 12.7. The maximum absolute atomic E-state index is 12.7. The highest BCUT2D eigenvalue weighted by Gasteiger charge is 2.30. The van der Waals surface area contributed by atoms with Gasteiger partial charge in [-0.3, -0.25) is 4.79 Å². The lowest BCUT2D eigenvalue weighted by atomic mass is 10.1. The molecular weight excluding hydrogens is 359 g/mol. The van der Waals surface area contributed by atoms with Gasteiger partial charge in [-0.05, 0) is 29.8 Å². The van der Waals surface area contributed by atoms with Crippen LogP contribution < -0.4 is 5.32 Å². The van der Waals surface area contributed by atoms with E-state index in [-0.39, 0.29) is 28.3 Å². The number of nitrogens with one attached hydrogen (secondary N) is 1. The van der Waals surface area contributed by atoms with E-state index < -0.39 is 23.6 Å². The van der Waals surface area contributed by atoms with Crippen molar-refractivity contribution in [2.75, 3.05) is 12.4 Å². The van der Waals surface area contributed by atoms with E-state index in [1.165, 1.54) is 37.4 Å². The molecule has 2 aromatic rings. The number of hydrogen-bond donors (Lipinski definition) is 1. The SMILES string of the molecule is COC(=O)c1cc(NC(=O)Cc2cccc(C(F)(F)F)c2)ccc1Cl. The highest BCUT2D eigenvalue weighted by atomic mass is 35.5. The van der Waals surface area contributed by atoms with Gasteiger partial charge in [-0.2, -0.15) is 13.2 Å². The van der Waals surface area contributed by atoms with Gasteiger partial charge in [0.2, 0.25) is 5.91 Å². The second-order valence-corrected chi connectivity index (χ2v) is 5.52. The molecule has 0 aliphatic carbocycles. The van der Waals surface area contributed by atoms with E-state index in [1.54, 1.807) is 0 Å². The first-order valence-electron chi connectivity index (χ1n) is 7.04. The Labute approximate surface area is 146 Å². The lowest BCUT2D eigenvalue weighted by Gasteiger charge is -2.10. The van der Waals surface area contributed by atoms with Gasteiger partial charge < -0.3 is 10.1 Å². The van der Waals surface area contributed by atoms with Crippen molar-refractivity contribution in [1.29, 1.82) is 0 Å². The molecule has 0 spiro atoms. The van der Waals surface area contributed by atoms with Crippen LogP contribution in [-0.2, 0) is 22.1 Å². The number of carbonyl (C=O) groups is 2. The lowest BCUT2D eigenvalue weighted by molar-refractivity contribution is -0.137. The fourth-order valence-corrected chi connectivity index (χ4v) is 2.31. The third kappa shape index (κ3) is 4.96. The summed E-state index contributed by atoms with van der Waals surface area (Å²) >= 11 is 5.88. The Bertz CT molecular complexity index is 806. The standard InChI is InChI=1S/C17H13ClF3NO3/c1-25-16(24)13-9-12(5-6-14(13)18)22-15(23)8-10-3-2-4-11(7-10)17(19,20)21/h2-7,9H,8H2,1H3,(H,22,23). The first-order valence-corrected chi connectivity index (χ1v) is 7.42. The van der Waals surface area contributed by atoms with Gasteiger partial charge in [-0.15, -0.1) is 0 Å². The Morgan fingerprint density at radius 1 is 1.16 bits per heavy atom. The molecule has 0 fully saturated rings. The van der Waals surface area contributed by atoms with Crippen LogP contribution in [0.1, 0.15) is 21.5 Å². The van der Waals surface area contributed by atoms with Crippen LogP contribution in [-0.4, -0.2) is 19.0 Å². The van der Waals surface area contributed by atoms with Crippen LogP contribution in [0.25, 0.3) is 0 Å². The minimum atomic E-state index is -4.47. The summed E-state index contributed by atoms with van der Waals surface area (Å²) in [6.45, 7) is 0. The van der Waals surface area contributed by atoms with Crippen molar-refractivity contribution in [1.82, 2.24) is 0 Å². The molecule has 0 unspecified atom stereocenters. The zero-order valence-electron chi connectivity index (χ0n) is 13.0. The Morgan fingerprint density at radius 2 is 1.88 bits per heavy atom. The van der Waals surface area contributed by atoms with Crippen molar-refractivity contribution in [3.8, 4) is 0 Å². The highest BCUT2D eigenvalue weighted by Crippen LogP contribution is 2.29. The third-order valence-corrected chi connectivity index (χ3v) is 3.60. The van der Waals surface area contributed by atoms with Gasteiger partial charge >= 0.3 is 12.1 Å². The second-order valence-electron chi connectivity index (χ2n) is 5.11. The quantitative estimate of drug-likeness (QED) is 0.814. The number of carbonyl (C=O) groups excluding carboxylic acids is 2. The molecule has 0 radical (unpaired) electrons. The number of benzene rings is 2. The number of anilines is 1. The fraction of sp³-hybridized carbons (Fsp3) is 0.176. The van der Waals surface area contributed by atoms with Crippen LogP contribution >= 0.6 is 11.6 Å². The summed E-state index contributed by atoms with van der Waals surface area (Å²) in [7, 11) is 1.19. The van der Waals surface area contributed by atoms with E-state index in [2.05, 4.69) is 10.1 Å². The molecule has 1 amide bonds. The second kappa shape index (κ2) is 7.57. The maximum Gasteiger partial charge on any atom is 0.416 e. The predicted octanol–water partition coefficient (Wildman–Crippen LogP) is 4.33. The number of esters is 1. The zero-order chi connectivity index (χ0) is 18.6. The number of ether oxygens (including phenoxy) is 1. The van der Waals surface area contributed by atoms with Crippen LogP contribution in [0, 0.1) is 0 Å². The van der Waals surface area contributed by atoms with Gasteiger partial charge in [0, 0.05) is 5.69 Å². The Hall–Kier alpha value is -2.54. The van der Waals surface area contributed by atoms with Crippen LogP contribution in [0.3, 0.4) is 0 Å². The Balaban J connectivity index is 2.12. The average Bonchev–Trinajstić information content (AvgIpc) is 2.55. The molecule has 8 heteroatoms. The molecule has 0 atom stereocenters. The summed E-state index contributed by atoms with van der Waals surface area (Å²) in [4.78, 5) is 23.6. The van der Waals surface area contributed by atoms with Crippen LogP contribution in [0.4, 0.5) is 18.9 Å². The molecule has 0 saturated heterocycles. The van der Waals surface area contributed by atoms with E-state index in [0.29, 0.717) is 0 Å². The first-order chi connectivity index (χ1) is 11.7. The number of hydrogen-bond acceptors (Lipinski definition) is 3. The minimum Gasteiger partial charge on any atom is -0.465 e. The molecular formula is C17H13ClF3NO3. The highest BCUT2D eigenvalue weighted by molar-refractivity contribution is 6.33. The number of rotatable bonds is 4. The summed E-state index contributed by atoms with van der Waals surface area (Å²) in [5, 5.41) is 2.66. The molecule has 2 rings (SSSR count). The summed E-state index contributed by atoms with van der Waals surface area (Å²) in [6, 6.07) is 8.73. The largest absolute Gasteiger partial charge is 0.465 e. The number of alkyl halides is 3. The van der Waals surface area contributed by atoms with E-state index in [0.717, 1.165) is 12.1 Å². The average molecular weight is 372 g/mol. The number of amides is 1. The minimum absolute atomic E-state index is 0.0704.